The van der Waals surface area contributed by atoms with Crippen molar-refractivity contribution in [2.75, 3.05) is 18.4 Å². The van der Waals surface area contributed by atoms with Crippen LogP contribution < -0.4 is 5.32 Å². The van der Waals surface area contributed by atoms with Crippen LogP contribution in [0.1, 0.15) is 13.3 Å². The zero-order chi connectivity index (χ0) is 14.4. The highest BCUT2D eigenvalue weighted by Crippen LogP contribution is 2.22. The lowest BCUT2D eigenvalue weighted by Crippen LogP contribution is -2.39. The molecule has 0 aliphatic rings. The fourth-order valence-electron chi connectivity index (χ4n) is 1.47. The second-order valence-corrected chi connectivity index (χ2v) is 5.47. The molecule has 2 amide bonds. The molecule has 0 saturated heterocycles. The molecule has 0 radical (unpaired) electrons. The smallest absolute Gasteiger partial charge is 0.323 e. The van der Waals surface area contributed by atoms with Gasteiger partial charge in [0.05, 0.1) is 5.69 Å². The third-order valence-corrected chi connectivity index (χ3v) is 3.41. The maximum absolute atomic E-state index is 12.0. The number of rotatable bonds is 5. The first kappa shape index (κ1) is 16.0. The number of carbonyl (C=O) groups excluding carboxylic acids is 1. The van der Waals surface area contributed by atoms with E-state index < -0.39 is 12.0 Å². The van der Waals surface area contributed by atoms with E-state index in [1.165, 1.54) is 4.90 Å². The first-order chi connectivity index (χ1) is 8.93. The number of carboxylic acid groups (broad SMARTS) is 1. The molecule has 0 bridgehead atoms. The molecular formula is C12H14ClIN2O3. The van der Waals surface area contributed by atoms with Crippen molar-refractivity contribution in [3.8, 4) is 0 Å². The molecule has 0 fully saturated rings. The average molecular weight is 397 g/mol. The summed E-state index contributed by atoms with van der Waals surface area (Å²) < 4.78 is 0.797. The molecule has 104 valence electrons. The molecule has 19 heavy (non-hydrogen) atoms. The number of nitrogens with zero attached hydrogens (tertiary/aromatic N) is 1. The molecule has 7 heteroatoms. The summed E-state index contributed by atoms with van der Waals surface area (Å²) in [5, 5.41) is 12.0. The Balaban J connectivity index is 2.77. The van der Waals surface area contributed by atoms with Crippen LogP contribution in [0.25, 0.3) is 0 Å². The summed E-state index contributed by atoms with van der Waals surface area (Å²) in [6.07, 6.45) is 0.693. The molecule has 0 atom stereocenters. The summed E-state index contributed by atoms with van der Waals surface area (Å²) in [7, 11) is 0. The topological polar surface area (TPSA) is 69.6 Å². The number of carbonyl (C=O) groups is 2. The summed E-state index contributed by atoms with van der Waals surface area (Å²) in [5.41, 5.74) is 0.612. The van der Waals surface area contributed by atoms with Gasteiger partial charge >= 0.3 is 12.0 Å². The highest BCUT2D eigenvalue weighted by molar-refractivity contribution is 14.1. The predicted octanol–water partition coefficient (Wildman–Crippen LogP) is 3.27. The molecule has 0 spiro atoms. The van der Waals surface area contributed by atoms with Gasteiger partial charge in [0.25, 0.3) is 0 Å². The first-order valence-corrected chi connectivity index (χ1v) is 7.12. The summed E-state index contributed by atoms with van der Waals surface area (Å²) in [6, 6.07) is 4.65. The van der Waals surface area contributed by atoms with Gasteiger partial charge < -0.3 is 15.3 Å². The molecule has 2 N–H and O–H groups in total. The van der Waals surface area contributed by atoms with Gasteiger partial charge in [-0.25, -0.2) is 4.79 Å². The number of anilines is 1. The Bertz CT molecular complexity index is 482. The predicted molar refractivity (Wildman–Crippen MR) is 82.7 cm³/mol. The quantitative estimate of drug-likeness (QED) is 0.751. The average Bonchev–Trinajstić information content (AvgIpc) is 2.31. The Hall–Kier alpha value is -1.02. The van der Waals surface area contributed by atoms with E-state index in [-0.39, 0.29) is 6.54 Å². The van der Waals surface area contributed by atoms with Crippen LogP contribution in [0, 0.1) is 3.57 Å². The Kier molecular flexibility index (Phi) is 6.36. The first-order valence-electron chi connectivity index (χ1n) is 5.66. The van der Waals surface area contributed by atoms with E-state index in [1.807, 2.05) is 6.92 Å². The summed E-state index contributed by atoms with van der Waals surface area (Å²) in [4.78, 5) is 24.0. The van der Waals surface area contributed by atoms with Gasteiger partial charge in [0.2, 0.25) is 0 Å². The fourth-order valence-corrected chi connectivity index (χ4v) is 2.48. The number of amides is 2. The number of benzene rings is 1. The Labute approximate surface area is 130 Å². The maximum Gasteiger partial charge on any atom is 0.323 e. The molecule has 1 aromatic carbocycles. The van der Waals surface area contributed by atoms with Gasteiger partial charge in [0.15, 0.2) is 0 Å². The van der Waals surface area contributed by atoms with Crippen molar-refractivity contribution < 1.29 is 14.7 Å². The monoisotopic (exact) mass is 396 g/mol. The van der Waals surface area contributed by atoms with Crippen molar-refractivity contribution in [3.05, 3.63) is 26.8 Å². The van der Waals surface area contributed by atoms with Crippen LogP contribution >= 0.6 is 34.2 Å². The maximum atomic E-state index is 12.0. The largest absolute Gasteiger partial charge is 0.480 e. The van der Waals surface area contributed by atoms with E-state index in [0.29, 0.717) is 23.7 Å². The van der Waals surface area contributed by atoms with Gasteiger partial charge in [-0.05, 0) is 47.2 Å². The minimum absolute atomic E-state index is 0.316. The fraction of sp³-hybridized carbons (Fsp3) is 0.333. The number of carboxylic acids is 1. The van der Waals surface area contributed by atoms with E-state index in [2.05, 4.69) is 27.9 Å². The highest BCUT2D eigenvalue weighted by atomic mass is 127. The van der Waals surface area contributed by atoms with Crippen molar-refractivity contribution in [2.45, 2.75) is 13.3 Å². The number of hydrogen-bond donors (Lipinski definition) is 2. The molecule has 1 aromatic rings. The van der Waals surface area contributed by atoms with Gasteiger partial charge in [-0.2, -0.15) is 0 Å². The molecule has 0 heterocycles. The zero-order valence-electron chi connectivity index (χ0n) is 10.3. The van der Waals surface area contributed by atoms with Crippen molar-refractivity contribution >= 4 is 51.9 Å². The van der Waals surface area contributed by atoms with Crippen LogP contribution in [0.3, 0.4) is 0 Å². The van der Waals surface area contributed by atoms with Crippen molar-refractivity contribution in [1.82, 2.24) is 4.90 Å². The minimum Gasteiger partial charge on any atom is -0.480 e. The van der Waals surface area contributed by atoms with Crippen molar-refractivity contribution in [2.24, 2.45) is 0 Å². The van der Waals surface area contributed by atoms with Crippen LogP contribution in [0.15, 0.2) is 18.2 Å². The summed E-state index contributed by atoms with van der Waals surface area (Å²) in [6.45, 7) is 1.96. The van der Waals surface area contributed by atoms with Crippen LogP contribution in [-0.4, -0.2) is 35.1 Å². The zero-order valence-corrected chi connectivity index (χ0v) is 13.2. The number of aliphatic carboxylic acids is 1. The van der Waals surface area contributed by atoms with Gasteiger partial charge in [0, 0.05) is 15.1 Å². The van der Waals surface area contributed by atoms with Crippen molar-refractivity contribution in [3.63, 3.8) is 0 Å². The van der Waals surface area contributed by atoms with Gasteiger partial charge in [-0.3, -0.25) is 4.79 Å². The summed E-state index contributed by atoms with van der Waals surface area (Å²) in [5.74, 6) is -1.03. The van der Waals surface area contributed by atoms with Crippen LogP contribution in [0.2, 0.25) is 5.02 Å². The van der Waals surface area contributed by atoms with Crippen molar-refractivity contribution in [1.29, 1.82) is 0 Å². The van der Waals surface area contributed by atoms with E-state index in [1.54, 1.807) is 18.2 Å². The van der Waals surface area contributed by atoms with Gasteiger partial charge in [-0.15, -0.1) is 0 Å². The molecule has 0 aliphatic heterocycles. The Morgan fingerprint density at radius 3 is 2.68 bits per heavy atom. The van der Waals surface area contributed by atoms with E-state index in [9.17, 15) is 9.59 Å². The van der Waals surface area contributed by atoms with E-state index in [0.717, 1.165) is 3.57 Å². The highest BCUT2D eigenvalue weighted by Gasteiger charge is 2.16. The van der Waals surface area contributed by atoms with Gasteiger partial charge in [0.1, 0.15) is 6.54 Å². The molecule has 0 aliphatic carbocycles. The second-order valence-electron chi connectivity index (χ2n) is 3.87. The van der Waals surface area contributed by atoms with E-state index >= 15 is 0 Å². The van der Waals surface area contributed by atoms with Crippen LogP contribution in [0.5, 0.6) is 0 Å². The standard InChI is InChI=1S/C12H14ClIN2O3/c1-2-5-16(7-11(17)18)12(19)15-10-4-3-8(13)6-9(10)14/h3-4,6H,2,5,7H2,1H3,(H,15,19)(H,17,18). The number of nitrogens with one attached hydrogen (secondary N) is 1. The number of hydrogen-bond acceptors (Lipinski definition) is 2. The van der Waals surface area contributed by atoms with Crippen LogP contribution in [-0.2, 0) is 4.79 Å². The van der Waals surface area contributed by atoms with E-state index in [4.69, 9.17) is 16.7 Å². The Morgan fingerprint density at radius 2 is 2.16 bits per heavy atom. The minimum atomic E-state index is -1.03. The van der Waals surface area contributed by atoms with Gasteiger partial charge in [-0.1, -0.05) is 18.5 Å². The SMILES string of the molecule is CCCN(CC(=O)O)C(=O)Nc1ccc(Cl)cc1I. The third kappa shape index (κ3) is 5.23. The lowest BCUT2D eigenvalue weighted by molar-refractivity contribution is -0.137. The third-order valence-electron chi connectivity index (χ3n) is 2.28. The molecule has 0 aromatic heterocycles. The molecule has 1 rings (SSSR count). The number of halogens is 2. The molecular weight excluding hydrogens is 382 g/mol. The molecule has 0 unspecified atom stereocenters. The second kappa shape index (κ2) is 7.54. The normalized spacial score (nSPS) is 10.1. The van der Waals surface area contributed by atoms with Crippen LogP contribution in [0.4, 0.5) is 10.5 Å². The lowest BCUT2D eigenvalue weighted by atomic mass is 10.3. The lowest BCUT2D eigenvalue weighted by Gasteiger charge is -2.20. The Morgan fingerprint density at radius 1 is 1.47 bits per heavy atom. The molecule has 5 nitrogen and oxygen atoms in total. The molecule has 0 saturated carbocycles. The summed E-state index contributed by atoms with van der Waals surface area (Å²) >= 11 is 7.88. The number of urea groups is 1.